The van der Waals surface area contributed by atoms with Crippen LogP contribution in [0.15, 0.2) is 24.3 Å². The van der Waals surface area contributed by atoms with Gasteiger partial charge in [-0.1, -0.05) is 12.1 Å². The molecule has 1 aromatic rings. The third-order valence-corrected chi connectivity index (χ3v) is 3.89. The van der Waals surface area contributed by atoms with Crippen LogP contribution >= 0.6 is 12.4 Å². The number of anilines is 1. The summed E-state index contributed by atoms with van der Waals surface area (Å²) in [6.07, 6.45) is 2.20. The van der Waals surface area contributed by atoms with E-state index < -0.39 is 5.54 Å². The zero-order valence-corrected chi connectivity index (χ0v) is 13.0. The standard InChI is InChI=1S/C15H19N3O3.ClH/c16-15(6-7-15)14(20)17-8-3-9-18-11-4-1-2-5-12(11)21-10-13(18)19;/h1-2,4-5H,3,6-10,16H2,(H,17,20);1H. The minimum atomic E-state index is -0.638. The van der Waals surface area contributed by atoms with Crippen LogP contribution in [0.4, 0.5) is 5.69 Å². The van der Waals surface area contributed by atoms with Crippen molar-refractivity contribution >= 4 is 29.9 Å². The van der Waals surface area contributed by atoms with E-state index in [1.54, 1.807) is 4.90 Å². The Morgan fingerprint density at radius 3 is 2.82 bits per heavy atom. The van der Waals surface area contributed by atoms with Crippen molar-refractivity contribution in [3.05, 3.63) is 24.3 Å². The van der Waals surface area contributed by atoms with E-state index in [2.05, 4.69) is 5.32 Å². The molecule has 1 aliphatic heterocycles. The second kappa shape index (κ2) is 6.54. The maximum atomic E-state index is 11.9. The molecule has 6 nitrogen and oxygen atoms in total. The molecule has 120 valence electrons. The molecule has 3 N–H and O–H groups in total. The number of nitrogens with one attached hydrogen (secondary N) is 1. The van der Waals surface area contributed by atoms with Crippen molar-refractivity contribution in [1.29, 1.82) is 0 Å². The van der Waals surface area contributed by atoms with Gasteiger partial charge in [0, 0.05) is 13.1 Å². The fourth-order valence-electron chi connectivity index (χ4n) is 2.38. The predicted octanol–water partition coefficient (Wildman–Crippen LogP) is 0.831. The van der Waals surface area contributed by atoms with Crippen molar-refractivity contribution in [2.45, 2.75) is 24.8 Å². The number of halogens is 1. The van der Waals surface area contributed by atoms with E-state index in [1.165, 1.54) is 0 Å². The van der Waals surface area contributed by atoms with Crippen molar-refractivity contribution in [1.82, 2.24) is 5.32 Å². The van der Waals surface area contributed by atoms with E-state index in [0.29, 0.717) is 19.5 Å². The number of ether oxygens (including phenoxy) is 1. The number of rotatable bonds is 5. The van der Waals surface area contributed by atoms with Crippen LogP contribution < -0.4 is 20.7 Å². The van der Waals surface area contributed by atoms with Gasteiger partial charge in [0.2, 0.25) is 5.91 Å². The van der Waals surface area contributed by atoms with Gasteiger partial charge in [0.15, 0.2) is 6.61 Å². The van der Waals surface area contributed by atoms with Gasteiger partial charge < -0.3 is 20.7 Å². The number of hydrogen-bond donors (Lipinski definition) is 2. The molecule has 1 heterocycles. The highest BCUT2D eigenvalue weighted by Gasteiger charge is 2.45. The summed E-state index contributed by atoms with van der Waals surface area (Å²) in [5.41, 5.74) is 5.96. The van der Waals surface area contributed by atoms with Gasteiger partial charge in [0.25, 0.3) is 5.91 Å². The van der Waals surface area contributed by atoms with Crippen molar-refractivity contribution in [3.63, 3.8) is 0 Å². The lowest BCUT2D eigenvalue weighted by Gasteiger charge is -2.29. The number of hydrogen-bond acceptors (Lipinski definition) is 4. The zero-order valence-electron chi connectivity index (χ0n) is 12.2. The van der Waals surface area contributed by atoms with Crippen LogP contribution in [0.1, 0.15) is 19.3 Å². The summed E-state index contributed by atoms with van der Waals surface area (Å²) in [4.78, 5) is 25.4. The van der Waals surface area contributed by atoms with Gasteiger partial charge in [0.1, 0.15) is 5.75 Å². The largest absolute Gasteiger partial charge is 0.482 e. The van der Waals surface area contributed by atoms with Crippen LogP contribution in [0, 0.1) is 0 Å². The average molecular weight is 326 g/mol. The number of para-hydroxylation sites is 2. The summed E-state index contributed by atoms with van der Waals surface area (Å²) in [7, 11) is 0. The molecule has 2 aliphatic rings. The number of fused-ring (bicyclic) bond motifs is 1. The third-order valence-electron chi connectivity index (χ3n) is 3.89. The molecule has 0 radical (unpaired) electrons. The third kappa shape index (κ3) is 3.34. The summed E-state index contributed by atoms with van der Waals surface area (Å²) in [6.45, 7) is 1.14. The average Bonchev–Trinajstić information content (AvgIpc) is 3.24. The number of carbonyl (C=O) groups is 2. The first-order chi connectivity index (χ1) is 10.1. The Bertz CT molecular complexity index is 575. The summed E-state index contributed by atoms with van der Waals surface area (Å²) in [5, 5.41) is 2.83. The number of amides is 2. The van der Waals surface area contributed by atoms with E-state index in [9.17, 15) is 9.59 Å². The minimum Gasteiger partial charge on any atom is -0.482 e. The van der Waals surface area contributed by atoms with Crippen molar-refractivity contribution in [3.8, 4) is 5.75 Å². The highest BCUT2D eigenvalue weighted by molar-refractivity contribution is 5.97. The van der Waals surface area contributed by atoms with Crippen LogP contribution in [0.3, 0.4) is 0 Å². The highest BCUT2D eigenvalue weighted by atomic mass is 35.5. The number of carbonyl (C=O) groups excluding carboxylic acids is 2. The minimum absolute atomic E-state index is 0. The normalized spacial score (nSPS) is 17.9. The number of benzene rings is 1. The Hall–Kier alpha value is -1.79. The Morgan fingerprint density at radius 2 is 2.09 bits per heavy atom. The Labute approximate surface area is 135 Å². The number of nitrogens with two attached hydrogens (primary N) is 1. The first-order valence-corrected chi connectivity index (χ1v) is 7.19. The van der Waals surface area contributed by atoms with E-state index in [4.69, 9.17) is 10.5 Å². The lowest BCUT2D eigenvalue weighted by molar-refractivity contribution is -0.123. The lowest BCUT2D eigenvalue weighted by Crippen LogP contribution is -2.44. The van der Waals surface area contributed by atoms with Gasteiger partial charge in [-0.25, -0.2) is 0 Å². The molecule has 0 unspecified atom stereocenters. The van der Waals surface area contributed by atoms with Crippen LogP contribution in [0.2, 0.25) is 0 Å². The molecule has 1 saturated carbocycles. The van der Waals surface area contributed by atoms with Crippen LogP contribution in [0.5, 0.6) is 5.75 Å². The molecular formula is C15H20ClN3O3. The monoisotopic (exact) mass is 325 g/mol. The van der Waals surface area contributed by atoms with Crippen LogP contribution in [-0.2, 0) is 9.59 Å². The zero-order chi connectivity index (χ0) is 14.9. The SMILES string of the molecule is Cl.NC1(C(=O)NCCCN2C(=O)COc3ccccc32)CC1. The van der Waals surface area contributed by atoms with Crippen LogP contribution in [-0.4, -0.2) is 37.0 Å². The van der Waals surface area contributed by atoms with Gasteiger partial charge in [-0.3, -0.25) is 9.59 Å². The lowest BCUT2D eigenvalue weighted by atomic mass is 10.2. The first kappa shape index (κ1) is 16.6. The number of nitrogens with zero attached hydrogens (tertiary/aromatic N) is 1. The van der Waals surface area contributed by atoms with E-state index in [-0.39, 0.29) is 30.8 Å². The van der Waals surface area contributed by atoms with Gasteiger partial charge in [-0.05, 0) is 31.4 Å². The molecule has 22 heavy (non-hydrogen) atoms. The van der Waals surface area contributed by atoms with Gasteiger partial charge >= 0.3 is 0 Å². The Morgan fingerprint density at radius 1 is 1.36 bits per heavy atom. The molecule has 1 fully saturated rings. The molecule has 0 spiro atoms. The summed E-state index contributed by atoms with van der Waals surface area (Å²) in [5.74, 6) is 0.578. The van der Waals surface area contributed by atoms with Crippen molar-refractivity contribution < 1.29 is 14.3 Å². The fraction of sp³-hybridized carbons (Fsp3) is 0.467. The summed E-state index contributed by atoms with van der Waals surface area (Å²) < 4.78 is 5.39. The van der Waals surface area contributed by atoms with E-state index >= 15 is 0 Å². The molecular weight excluding hydrogens is 306 g/mol. The summed E-state index contributed by atoms with van der Waals surface area (Å²) >= 11 is 0. The van der Waals surface area contributed by atoms with Crippen molar-refractivity contribution in [2.24, 2.45) is 5.73 Å². The first-order valence-electron chi connectivity index (χ1n) is 7.19. The second-order valence-corrected chi connectivity index (χ2v) is 5.57. The van der Waals surface area contributed by atoms with E-state index in [0.717, 1.165) is 24.3 Å². The smallest absolute Gasteiger partial charge is 0.265 e. The van der Waals surface area contributed by atoms with Gasteiger partial charge in [-0.2, -0.15) is 0 Å². The molecule has 7 heteroatoms. The highest BCUT2D eigenvalue weighted by Crippen LogP contribution is 2.32. The predicted molar refractivity (Wildman–Crippen MR) is 85.3 cm³/mol. The molecule has 0 bridgehead atoms. The second-order valence-electron chi connectivity index (χ2n) is 5.57. The molecule has 1 aliphatic carbocycles. The Kier molecular flexibility index (Phi) is 4.93. The van der Waals surface area contributed by atoms with Crippen LogP contribution in [0.25, 0.3) is 0 Å². The van der Waals surface area contributed by atoms with E-state index in [1.807, 2.05) is 24.3 Å². The van der Waals surface area contributed by atoms with Gasteiger partial charge in [0.05, 0.1) is 11.2 Å². The fourth-order valence-corrected chi connectivity index (χ4v) is 2.38. The molecule has 0 saturated heterocycles. The summed E-state index contributed by atoms with van der Waals surface area (Å²) in [6, 6.07) is 7.47. The Balaban J connectivity index is 0.00000176. The molecule has 0 atom stereocenters. The maximum absolute atomic E-state index is 11.9. The molecule has 1 aromatic carbocycles. The molecule has 2 amide bonds. The maximum Gasteiger partial charge on any atom is 0.265 e. The van der Waals surface area contributed by atoms with Crippen molar-refractivity contribution in [2.75, 3.05) is 24.6 Å². The quantitative estimate of drug-likeness (QED) is 0.785. The van der Waals surface area contributed by atoms with Gasteiger partial charge in [-0.15, -0.1) is 12.4 Å². The molecule has 3 rings (SSSR count). The topological polar surface area (TPSA) is 84.7 Å². The molecule has 0 aromatic heterocycles.